The smallest absolute Gasteiger partial charge is 0.358 e. The van der Waals surface area contributed by atoms with Crippen LogP contribution in [0.25, 0.3) is 11.3 Å². The van der Waals surface area contributed by atoms with E-state index >= 15 is 0 Å². The summed E-state index contributed by atoms with van der Waals surface area (Å²) in [4.78, 5) is 11.3. The first-order valence-corrected chi connectivity index (χ1v) is 6.72. The molecule has 0 bridgehead atoms. The van der Waals surface area contributed by atoms with Crippen molar-refractivity contribution in [3.05, 3.63) is 18.1 Å². The van der Waals surface area contributed by atoms with E-state index in [9.17, 15) is 9.90 Å². The van der Waals surface area contributed by atoms with Crippen LogP contribution in [-0.4, -0.2) is 49.1 Å². The molecule has 2 heterocycles. The highest BCUT2D eigenvalue weighted by Gasteiger charge is 2.21. The number of hydrogen-bond donors (Lipinski definition) is 1. The number of carboxylic acids is 1. The molecule has 0 radical (unpaired) electrons. The van der Waals surface area contributed by atoms with E-state index in [1.807, 2.05) is 0 Å². The Kier molecular flexibility index (Phi) is 4.69. The number of rotatable bonds is 7. The van der Waals surface area contributed by atoms with Crippen molar-refractivity contribution in [1.29, 1.82) is 0 Å². The number of carboxylic acid groups (broad SMARTS) is 1. The third kappa shape index (κ3) is 3.66. The van der Waals surface area contributed by atoms with Crippen molar-refractivity contribution >= 4 is 5.97 Å². The number of ether oxygens (including phenoxy) is 1. The Bertz CT molecular complexity index is 617. The highest BCUT2D eigenvalue weighted by molar-refractivity contribution is 5.92. The number of nitrogens with zero attached hydrogens (tertiary/aromatic N) is 5. The van der Waals surface area contributed by atoms with Gasteiger partial charge in [0.1, 0.15) is 5.69 Å². The molecule has 1 N–H and O–H groups in total. The monoisotopic (exact) mass is 293 g/mol. The molecule has 0 saturated heterocycles. The summed E-state index contributed by atoms with van der Waals surface area (Å²) in [7, 11) is 1.77. The summed E-state index contributed by atoms with van der Waals surface area (Å²) < 4.78 is 8.66. The minimum atomic E-state index is -1.11. The van der Waals surface area contributed by atoms with Crippen LogP contribution in [0.15, 0.2) is 12.4 Å². The average Bonchev–Trinajstić information content (AvgIpc) is 3.00. The number of hydrogen-bond acceptors (Lipinski definition) is 5. The molecule has 0 atom stereocenters. The fraction of sp³-hybridized carbons (Fsp3) is 0.538. The van der Waals surface area contributed by atoms with Crippen LogP contribution < -0.4 is 0 Å². The Hall–Kier alpha value is -2.22. The second-order valence-electron chi connectivity index (χ2n) is 5.19. The molecule has 114 valence electrons. The van der Waals surface area contributed by atoms with Gasteiger partial charge >= 0.3 is 5.97 Å². The molecule has 0 saturated carbocycles. The van der Waals surface area contributed by atoms with E-state index in [0.29, 0.717) is 36.9 Å². The lowest BCUT2D eigenvalue weighted by Crippen LogP contribution is -2.12. The Labute approximate surface area is 122 Å². The molecule has 0 unspecified atom stereocenters. The molecule has 0 aliphatic rings. The van der Waals surface area contributed by atoms with Gasteiger partial charge in [-0.3, -0.25) is 4.68 Å². The van der Waals surface area contributed by atoms with Crippen LogP contribution in [0.2, 0.25) is 0 Å². The molecule has 2 aromatic heterocycles. The second kappa shape index (κ2) is 6.49. The summed E-state index contributed by atoms with van der Waals surface area (Å²) >= 11 is 0. The van der Waals surface area contributed by atoms with Gasteiger partial charge < -0.3 is 9.84 Å². The Morgan fingerprint density at radius 1 is 1.48 bits per heavy atom. The highest BCUT2D eigenvalue weighted by atomic mass is 16.5. The minimum Gasteiger partial charge on any atom is -0.476 e. The molecule has 0 aliphatic carbocycles. The van der Waals surface area contributed by atoms with E-state index in [2.05, 4.69) is 29.3 Å². The normalized spacial score (nSPS) is 11.2. The van der Waals surface area contributed by atoms with Crippen LogP contribution in [0, 0.1) is 5.92 Å². The number of aromatic nitrogens is 5. The van der Waals surface area contributed by atoms with Gasteiger partial charge in [0.25, 0.3) is 0 Å². The fourth-order valence-corrected chi connectivity index (χ4v) is 1.91. The summed E-state index contributed by atoms with van der Waals surface area (Å²) in [6.45, 7) is 5.69. The van der Waals surface area contributed by atoms with Crippen LogP contribution in [0.5, 0.6) is 0 Å². The molecule has 0 fully saturated rings. The number of aryl methyl sites for hydroxylation is 1. The molecule has 0 aliphatic heterocycles. The first-order valence-electron chi connectivity index (χ1n) is 6.72. The zero-order valence-electron chi connectivity index (χ0n) is 12.4. The van der Waals surface area contributed by atoms with Gasteiger partial charge in [0.15, 0.2) is 5.69 Å². The zero-order chi connectivity index (χ0) is 15.4. The largest absolute Gasteiger partial charge is 0.476 e. The van der Waals surface area contributed by atoms with Gasteiger partial charge in [-0.05, 0) is 5.92 Å². The quantitative estimate of drug-likeness (QED) is 0.767. The lowest BCUT2D eigenvalue weighted by atomic mass is 10.2. The molecule has 2 aromatic rings. The van der Waals surface area contributed by atoms with Crippen molar-refractivity contribution in [1.82, 2.24) is 24.8 Å². The van der Waals surface area contributed by atoms with E-state index < -0.39 is 5.97 Å². The van der Waals surface area contributed by atoms with E-state index in [-0.39, 0.29) is 5.69 Å². The Morgan fingerprint density at radius 2 is 2.24 bits per heavy atom. The van der Waals surface area contributed by atoms with E-state index in [0.717, 1.165) is 0 Å². The maximum Gasteiger partial charge on any atom is 0.358 e. The van der Waals surface area contributed by atoms with Crippen LogP contribution >= 0.6 is 0 Å². The lowest BCUT2D eigenvalue weighted by Gasteiger charge is -2.08. The zero-order valence-corrected chi connectivity index (χ0v) is 12.4. The predicted molar refractivity (Wildman–Crippen MR) is 74.8 cm³/mol. The summed E-state index contributed by atoms with van der Waals surface area (Å²) in [5.74, 6) is -0.656. The minimum absolute atomic E-state index is 0.0770. The summed E-state index contributed by atoms with van der Waals surface area (Å²) in [5.41, 5.74) is 1.04. The summed E-state index contributed by atoms with van der Waals surface area (Å²) in [6, 6.07) is 0. The van der Waals surface area contributed by atoms with Gasteiger partial charge in [0.05, 0.1) is 19.3 Å². The summed E-state index contributed by atoms with van der Waals surface area (Å²) in [6.07, 6.45) is 3.33. The van der Waals surface area contributed by atoms with Crippen molar-refractivity contribution in [2.24, 2.45) is 13.0 Å². The van der Waals surface area contributed by atoms with Gasteiger partial charge in [-0.25, -0.2) is 9.48 Å². The van der Waals surface area contributed by atoms with Gasteiger partial charge in [0, 0.05) is 25.4 Å². The van der Waals surface area contributed by atoms with Gasteiger partial charge in [0.2, 0.25) is 0 Å². The van der Waals surface area contributed by atoms with Crippen molar-refractivity contribution in [3.8, 4) is 11.3 Å². The van der Waals surface area contributed by atoms with Crippen LogP contribution in [-0.2, 0) is 18.3 Å². The topological polar surface area (TPSA) is 95.1 Å². The average molecular weight is 293 g/mol. The van der Waals surface area contributed by atoms with Crippen LogP contribution in [0.1, 0.15) is 24.3 Å². The van der Waals surface area contributed by atoms with Gasteiger partial charge in [-0.2, -0.15) is 5.10 Å². The maximum absolute atomic E-state index is 11.3. The first-order chi connectivity index (χ1) is 9.99. The molecule has 8 nitrogen and oxygen atoms in total. The highest BCUT2D eigenvalue weighted by Crippen LogP contribution is 2.21. The molecule has 0 spiro atoms. The van der Waals surface area contributed by atoms with E-state index in [1.165, 1.54) is 0 Å². The molecule has 0 amide bonds. The summed E-state index contributed by atoms with van der Waals surface area (Å²) in [5, 5.41) is 20.9. The number of aromatic carboxylic acids is 1. The Balaban J connectivity index is 2.19. The second-order valence-corrected chi connectivity index (χ2v) is 5.19. The van der Waals surface area contributed by atoms with Crippen LogP contribution in [0.3, 0.4) is 0 Å². The van der Waals surface area contributed by atoms with Crippen molar-refractivity contribution < 1.29 is 14.6 Å². The molecule has 2 rings (SSSR count). The number of carbonyl (C=O) groups is 1. The standard InChI is InChI=1S/C13H19N5O3/c1-9(2)8-21-5-4-18-12(10-6-14-17(3)7-10)11(13(19)20)15-16-18/h6-7,9H,4-5,8H2,1-3H3,(H,19,20). The third-order valence-electron chi connectivity index (χ3n) is 2.81. The SMILES string of the molecule is CC(C)COCCn1nnc(C(=O)O)c1-c1cnn(C)c1. The van der Waals surface area contributed by atoms with E-state index in [1.54, 1.807) is 28.8 Å². The maximum atomic E-state index is 11.3. The van der Waals surface area contributed by atoms with Crippen molar-refractivity contribution in [2.75, 3.05) is 13.2 Å². The molecular weight excluding hydrogens is 274 g/mol. The van der Waals surface area contributed by atoms with Crippen molar-refractivity contribution in [3.63, 3.8) is 0 Å². The Morgan fingerprint density at radius 3 is 2.81 bits per heavy atom. The first kappa shape index (κ1) is 15.2. The predicted octanol–water partition coefficient (Wildman–Crippen LogP) is 1.05. The van der Waals surface area contributed by atoms with Gasteiger partial charge in [-0.15, -0.1) is 5.10 Å². The molecular formula is C13H19N5O3. The fourth-order valence-electron chi connectivity index (χ4n) is 1.91. The molecule has 21 heavy (non-hydrogen) atoms. The van der Waals surface area contributed by atoms with Crippen LogP contribution in [0.4, 0.5) is 0 Å². The van der Waals surface area contributed by atoms with Crippen molar-refractivity contribution in [2.45, 2.75) is 20.4 Å². The molecule has 0 aromatic carbocycles. The van der Waals surface area contributed by atoms with E-state index in [4.69, 9.17) is 4.74 Å². The molecule has 8 heteroatoms. The third-order valence-corrected chi connectivity index (χ3v) is 2.81. The van der Waals surface area contributed by atoms with Gasteiger partial charge in [-0.1, -0.05) is 19.1 Å². The lowest BCUT2D eigenvalue weighted by molar-refractivity contribution is 0.0691.